The quantitative estimate of drug-likeness (QED) is 0.678. The van der Waals surface area contributed by atoms with Crippen molar-refractivity contribution in [1.29, 1.82) is 0 Å². The number of benzene rings is 1. The number of carbonyl (C=O) groups excluding carboxylic acids is 2. The number of aromatic nitrogens is 1. The molecule has 1 aromatic carbocycles. The van der Waals surface area contributed by atoms with E-state index < -0.39 is 0 Å². The van der Waals surface area contributed by atoms with E-state index in [1.807, 2.05) is 35.7 Å². The van der Waals surface area contributed by atoms with Gasteiger partial charge in [-0.25, -0.2) is 4.98 Å². The van der Waals surface area contributed by atoms with Gasteiger partial charge in [0, 0.05) is 20.7 Å². The van der Waals surface area contributed by atoms with E-state index in [0.29, 0.717) is 5.13 Å². The minimum atomic E-state index is -0.287. The summed E-state index contributed by atoms with van der Waals surface area (Å²) in [5, 5.41) is 7.83. The van der Waals surface area contributed by atoms with Crippen molar-refractivity contribution in [2.45, 2.75) is 20.3 Å². The van der Waals surface area contributed by atoms with Gasteiger partial charge in [0.05, 0.1) is 18.7 Å². The third-order valence-electron chi connectivity index (χ3n) is 3.72. The van der Waals surface area contributed by atoms with Gasteiger partial charge in [0.2, 0.25) is 11.8 Å². The monoisotopic (exact) mass is 385 g/mol. The Morgan fingerprint density at radius 1 is 1.12 bits per heavy atom. The minimum Gasteiger partial charge on any atom is -0.347 e. The van der Waals surface area contributed by atoms with Crippen LogP contribution in [0.25, 0.3) is 11.3 Å². The predicted octanol–water partition coefficient (Wildman–Crippen LogP) is 3.79. The Kier molecular flexibility index (Phi) is 5.80. The molecule has 0 saturated heterocycles. The van der Waals surface area contributed by atoms with Crippen molar-refractivity contribution in [2.75, 3.05) is 11.9 Å². The molecule has 134 valence electrons. The van der Waals surface area contributed by atoms with E-state index in [9.17, 15) is 9.59 Å². The summed E-state index contributed by atoms with van der Waals surface area (Å²) in [7, 11) is 0. The fourth-order valence-corrected chi connectivity index (χ4v) is 4.19. The summed E-state index contributed by atoms with van der Waals surface area (Å²) >= 11 is 3.11. The Bertz CT molecular complexity index is 916. The van der Waals surface area contributed by atoms with Gasteiger partial charge in [0.25, 0.3) is 0 Å². The lowest BCUT2D eigenvalue weighted by molar-refractivity contribution is -0.123. The molecule has 0 aliphatic heterocycles. The Balaban J connectivity index is 1.51. The summed E-state index contributed by atoms with van der Waals surface area (Å²) in [6.07, 6.45) is 0.256. The molecule has 0 spiro atoms. The van der Waals surface area contributed by atoms with Crippen molar-refractivity contribution >= 4 is 39.6 Å². The summed E-state index contributed by atoms with van der Waals surface area (Å²) in [6, 6.07) is 11.5. The van der Waals surface area contributed by atoms with Crippen LogP contribution in [-0.4, -0.2) is 23.3 Å². The fourth-order valence-electron chi connectivity index (χ4n) is 2.53. The molecule has 0 radical (unpaired) electrons. The zero-order chi connectivity index (χ0) is 18.5. The van der Waals surface area contributed by atoms with Gasteiger partial charge in [-0.05, 0) is 25.5 Å². The lowest BCUT2D eigenvalue weighted by atomic mass is 10.1. The molecule has 2 heterocycles. The molecule has 0 atom stereocenters. The highest BCUT2D eigenvalue weighted by Crippen LogP contribution is 2.32. The summed E-state index contributed by atoms with van der Waals surface area (Å²) in [5.41, 5.74) is 2.87. The normalized spacial score (nSPS) is 10.5. The van der Waals surface area contributed by atoms with Crippen LogP contribution in [0.15, 0.2) is 41.8 Å². The Hall–Kier alpha value is -2.51. The average Bonchev–Trinajstić information content (AvgIpc) is 3.19. The van der Waals surface area contributed by atoms with Crippen molar-refractivity contribution < 1.29 is 9.59 Å². The molecule has 2 amide bonds. The number of carbonyl (C=O) groups is 2. The van der Waals surface area contributed by atoms with Crippen LogP contribution in [0.3, 0.4) is 0 Å². The molecule has 0 aliphatic carbocycles. The number of nitrogens with zero attached hydrogens (tertiary/aromatic N) is 1. The van der Waals surface area contributed by atoms with Gasteiger partial charge in [0.15, 0.2) is 5.13 Å². The molecule has 0 saturated carbocycles. The maximum absolute atomic E-state index is 12.0. The summed E-state index contributed by atoms with van der Waals surface area (Å²) in [5.74, 6) is -0.471. The summed E-state index contributed by atoms with van der Waals surface area (Å²) in [6.45, 7) is 4.05. The van der Waals surface area contributed by atoms with Crippen LogP contribution in [0, 0.1) is 13.8 Å². The molecule has 5 nitrogen and oxygen atoms in total. The highest BCUT2D eigenvalue weighted by molar-refractivity contribution is 7.14. The zero-order valence-electron chi connectivity index (χ0n) is 14.5. The van der Waals surface area contributed by atoms with Crippen LogP contribution in [0.1, 0.15) is 15.3 Å². The molecule has 3 rings (SSSR count). The maximum Gasteiger partial charge on any atom is 0.245 e. The lowest BCUT2D eigenvalue weighted by Crippen LogP contribution is -2.33. The van der Waals surface area contributed by atoms with Crippen LogP contribution >= 0.6 is 22.7 Å². The van der Waals surface area contributed by atoms with Gasteiger partial charge in [-0.15, -0.1) is 22.7 Å². The minimum absolute atomic E-state index is 0.0723. The fraction of sp³-hybridized carbons (Fsp3) is 0.211. The van der Waals surface area contributed by atoms with E-state index in [-0.39, 0.29) is 24.8 Å². The average molecular weight is 386 g/mol. The number of thiophene rings is 1. The third-order valence-corrected chi connectivity index (χ3v) is 5.44. The lowest BCUT2D eigenvalue weighted by Gasteiger charge is -2.05. The summed E-state index contributed by atoms with van der Waals surface area (Å²) in [4.78, 5) is 30.8. The third kappa shape index (κ3) is 4.77. The van der Waals surface area contributed by atoms with E-state index in [1.165, 1.54) is 21.1 Å². The van der Waals surface area contributed by atoms with Gasteiger partial charge in [0.1, 0.15) is 0 Å². The molecule has 2 N–H and O–H groups in total. The molecule has 0 aliphatic rings. The first-order chi connectivity index (χ1) is 12.5. The van der Waals surface area contributed by atoms with Crippen LogP contribution in [0.5, 0.6) is 0 Å². The second kappa shape index (κ2) is 8.25. The van der Waals surface area contributed by atoms with Crippen molar-refractivity contribution in [3.8, 4) is 11.3 Å². The number of anilines is 1. The van der Waals surface area contributed by atoms with E-state index >= 15 is 0 Å². The molecule has 7 heteroatoms. The first kappa shape index (κ1) is 18.3. The van der Waals surface area contributed by atoms with Crippen LogP contribution in [0.4, 0.5) is 5.13 Å². The molecule has 0 bridgehead atoms. The second-order valence-electron chi connectivity index (χ2n) is 5.85. The second-order valence-corrected chi connectivity index (χ2v) is 8.17. The molecule has 26 heavy (non-hydrogen) atoms. The topological polar surface area (TPSA) is 71.1 Å². The number of hydrogen-bond acceptors (Lipinski definition) is 5. The van der Waals surface area contributed by atoms with Crippen molar-refractivity contribution in [3.05, 3.63) is 57.1 Å². The van der Waals surface area contributed by atoms with Crippen molar-refractivity contribution in [2.24, 2.45) is 0 Å². The van der Waals surface area contributed by atoms with E-state index in [2.05, 4.69) is 35.5 Å². The van der Waals surface area contributed by atoms with Crippen molar-refractivity contribution in [3.63, 3.8) is 0 Å². The highest BCUT2D eigenvalue weighted by Gasteiger charge is 2.12. The standard InChI is InChI=1S/C19H19N3O2S2/c1-12-8-15(13(2)26-12)16-11-25-19(21-16)22-18(24)10-20-17(23)9-14-6-4-3-5-7-14/h3-8,11H,9-10H2,1-2H3,(H,20,23)(H,21,22,24). The predicted molar refractivity (Wildman–Crippen MR) is 107 cm³/mol. The Morgan fingerprint density at radius 3 is 2.58 bits per heavy atom. The van der Waals surface area contributed by atoms with Gasteiger partial charge < -0.3 is 10.6 Å². The molecular weight excluding hydrogens is 366 g/mol. The number of aryl methyl sites for hydroxylation is 2. The van der Waals surface area contributed by atoms with Crippen molar-refractivity contribution in [1.82, 2.24) is 10.3 Å². The number of hydrogen-bond donors (Lipinski definition) is 2. The van der Waals surface area contributed by atoms with Gasteiger partial charge in [-0.1, -0.05) is 30.3 Å². The van der Waals surface area contributed by atoms with Gasteiger partial charge in [-0.3, -0.25) is 9.59 Å². The summed E-state index contributed by atoms with van der Waals surface area (Å²) < 4.78 is 0. The first-order valence-corrected chi connectivity index (χ1v) is 9.84. The number of amides is 2. The molecule has 0 unspecified atom stereocenters. The van der Waals surface area contributed by atoms with Gasteiger partial charge in [-0.2, -0.15) is 0 Å². The number of nitrogens with one attached hydrogen (secondary N) is 2. The number of rotatable bonds is 6. The Morgan fingerprint density at radius 2 is 1.88 bits per heavy atom. The van der Waals surface area contributed by atoms with Gasteiger partial charge >= 0.3 is 0 Å². The SMILES string of the molecule is Cc1cc(-c2csc(NC(=O)CNC(=O)Cc3ccccc3)n2)c(C)s1. The van der Waals surface area contributed by atoms with Crippen LogP contribution < -0.4 is 10.6 Å². The van der Waals surface area contributed by atoms with Crippen LogP contribution in [0.2, 0.25) is 0 Å². The maximum atomic E-state index is 12.0. The largest absolute Gasteiger partial charge is 0.347 e. The molecule has 0 fully saturated rings. The highest BCUT2D eigenvalue weighted by atomic mass is 32.1. The van der Waals surface area contributed by atoms with Crippen LogP contribution in [-0.2, 0) is 16.0 Å². The molecule has 2 aromatic heterocycles. The van der Waals surface area contributed by atoms with E-state index in [1.54, 1.807) is 11.3 Å². The van der Waals surface area contributed by atoms with E-state index in [4.69, 9.17) is 0 Å². The number of thiazole rings is 1. The Labute approximate surface area is 160 Å². The zero-order valence-corrected chi connectivity index (χ0v) is 16.2. The smallest absolute Gasteiger partial charge is 0.245 e. The molecule has 3 aromatic rings. The first-order valence-electron chi connectivity index (χ1n) is 8.14. The molecular formula is C19H19N3O2S2. The van der Waals surface area contributed by atoms with E-state index in [0.717, 1.165) is 16.8 Å².